The molecule has 0 aromatic heterocycles. The fourth-order valence-corrected chi connectivity index (χ4v) is 6.98. The van der Waals surface area contributed by atoms with Crippen LogP contribution in [0.4, 0.5) is 11.4 Å². The molecule has 9 heteroatoms. The topological polar surface area (TPSA) is 78.0 Å². The van der Waals surface area contributed by atoms with Gasteiger partial charge in [0.1, 0.15) is 0 Å². The van der Waals surface area contributed by atoms with Gasteiger partial charge in [-0.15, -0.1) is 0 Å². The summed E-state index contributed by atoms with van der Waals surface area (Å²) in [6.45, 7) is 7.85. The number of hydrogen-bond acceptors (Lipinski definition) is 5. The van der Waals surface area contributed by atoms with Gasteiger partial charge in [-0.2, -0.15) is 0 Å². The molecule has 2 aromatic rings. The van der Waals surface area contributed by atoms with Crippen LogP contribution in [0.1, 0.15) is 31.4 Å². The molecule has 0 radical (unpaired) electrons. The van der Waals surface area contributed by atoms with E-state index in [0.717, 1.165) is 11.3 Å². The summed E-state index contributed by atoms with van der Waals surface area (Å²) < 4.78 is 27.2. The van der Waals surface area contributed by atoms with Crippen molar-refractivity contribution in [1.82, 2.24) is 4.90 Å². The molecule has 2 aliphatic rings. The van der Waals surface area contributed by atoms with Gasteiger partial charge in [-0.05, 0) is 50.1 Å². The molecule has 2 aromatic carbocycles. The number of piperazine rings is 1. The van der Waals surface area contributed by atoms with E-state index in [1.54, 1.807) is 11.0 Å². The highest BCUT2D eigenvalue weighted by Crippen LogP contribution is 2.38. The van der Waals surface area contributed by atoms with Crippen LogP contribution < -0.4 is 9.80 Å². The third kappa shape index (κ3) is 5.00. The lowest BCUT2D eigenvalue weighted by molar-refractivity contribution is -0.131. The minimum atomic E-state index is -3.76. The van der Waals surface area contributed by atoms with Gasteiger partial charge in [0.05, 0.1) is 16.3 Å². The second-order valence-corrected chi connectivity index (χ2v) is 12.1. The highest BCUT2D eigenvalue weighted by molar-refractivity contribution is 9.10. The van der Waals surface area contributed by atoms with Crippen molar-refractivity contribution in [3.8, 4) is 0 Å². The molecule has 1 saturated heterocycles. The predicted octanol–water partition coefficient (Wildman–Crippen LogP) is 3.57. The van der Waals surface area contributed by atoms with Gasteiger partial charge in [0.15, 0.2) is 9.84 Å². The first-order valence-corrected chi connectivity index (χ1v) is 14.0. The van der Waals surface area contributed by atoms with Crippen LogP contribution in [0.3, 0.4) is 0 Å². The summed E-state index contributed by atoms with van der Waals surface area (Å²) in [6.07, 6.45) is 0.528. The zero-order valence-corrected chi connectivity index (χ0v) is 22.2. The molecule has 2 aliphatic heterocycles. The van der Waals surface area contributed by atoms with Gasteiger partial charge in [-0.1, -0.05) is 33.6 Å². The van der Waals surface area contributed by atoms with E-state index in [0.29, 0.717) is 42.8 Å². The molecular weight excluding hydrogens is 518 g/mol. The Labute approximate surface area is 209 Å². The van der Waals surface area contributed by atoms with E-state index >= 15 is 0 Å². The Hall–Kier alpha value is -2.39. The summed E-state index contributed by atoms with van der Waals surface area (Å²) >= 11 is 3.40. The molecule has 0 saturated carbocycles. The van der Waals surface area contributed by atoms with Crippen molar-refractivity contribution < 1.29 is 18.0 Å². The molecule has 2 heterocycles. The zero-order valence-electron chi connectivity index (χ0n) is 19.8. The van der Waals surface area contributed by atoms with E-state index in [1.807, 2.05) is 6.07 Å². The normalized spacial score (nSPS) is 18.2. The zero-order chi connectivity index (χ0) is 24.6. The van der Waals surface area contributed by atoms with Gasteiger partial charge < -0.3 is 14.7 Å². The van der Waals surface area contributed by atoms with E-state index in [-0.39, 0.29) is 34.9 Å². The molecule has 2 amide bonds. The number of fused-ring (bicyclic) bond motifs is 1. The first kappa shape index (κ1) is 24.7. The van der Waals surface area contributed by atoms with Crippen molar-refractivity contribution in [3.63, 3.8) is 0 Å². The van der Waals surface area contributed by atoms with Gasteiger partial charge in [0.2, 0.25) is 11.8 Å². The number of nitrogens with zero attached hydrogens (tertiary/aromatic N) is 3. The molecule has 0 N–H and O–H groups in total. The average molecular weight is 549 g/mol. The third-order valence-corrected chi connectivity index (χ3v) is 8.82. The number of sulfone groups is 1. The molecule has 1 unspecified atom stereocenters. The van der Waals surface area contributed by atoms with E-state index in [1.165, 1.54) is 17.4 Å². The number of carbonyl (C=O) groups is 2. The summed E-state index contributed by atoms with van der Waals surface area (Å²) in [4.78, 5) is 30.7. The third-order valence-electron chi connectivity index (χ3n) is 6.64. The smallest absolute Gasteiger partial charge is 0.223 e. The van der Waals surface area contributed by atoms with Crippen LogP contribution in [0.15, 0.2) is 45.8 Å². The molecule has 7 nitrogen and oxygen atoms in total. The van der Waals surface area contributed by atoms with Crippen LogP contribution in [-0.4, -0.2) is 63.1 Å². The lowest BCUT2D eigenvalue weighted by atomic mass is 10.1. The van der Waals surface area contributed by atoms with Crippen molar-refractivity contribution >= 4 is 49.0 Å². The Balaban J connectivity index is 1.44. The van der Waals surface area contributed by atoms with Crippen molar-refractivity contribution in [2.24, 2.45) is 0 Å². The fraction of sp³-hybridized carbons (Fsp3) is 0.440. The second kappa shape index (κ2) is 9.70. The first-order valence-electron chi connectivity index (χ1n) is 11.5. The average Bonchev–Trinajstić information content (AvgIpc) is 3.21. The highest BCUT2D eigenvalue weighted by Gasteiger charge is 2.33. The van der Waals surface area contributed by atoms with E-state index in [2.05, 4.69) is 58.9 Å². The number of rotatable bonds is 5. The lowest BCUT2D eigenvalue weighted by Gasteiger charge is -2.41. The van der Waals surface area contributed by atoms with Gasteiger partial charge in [0, 0.05) is 55.7 Å². The SMILES string of the molecule is CC(=O)N1CCc2cc(Br)cc(S(=O)(=O)CCC(=O)N3CCN(c4ccc(C)cc4)C(C)C3)c21. The summed E-state index contributed by atoms with van der Waals surface area (Å²) in [6, 6.07) is 11.9. The van der Waals surface area contributed by atoms with Crippen LogP contribution in [0.2, 0.25) is 0 Å². The monoisotopic (exact) mass is 547 g/mol. The van der Waals surface area contributed by atoms with Crippen LogP contribution >= 0.6 is 15.9 Å². The molecule has 182 valence electrons. The lowest BCUT2D eigenvalue weighted by Crippen LogP contribution is -2.54. The number of anilines is 2. The van der Waals surface area contributed by atoms with Crippen LogP contribution in [-0.2, 0) is 25.8 Å². The first-order chi connectivity index (χ1) is 16.1. The van der Waals surface area contributed by atoms with Gasteiger partial charge in [-0.3, -0.25) is 9.59 Å². The minimum Gasteiger partial charge on any atom is -0.365 e. The molecule has 0 bridgehead atoms. The summed E-state index contributed by atoms with van der Waals surface area (Å²) in [5.41, 5.74) is 3.62. The van der Waals surface area contributed by atoms with Gasteiger partial charge in [-0.25, -0.2) is 8.42 Å². The van der Waals surface area contributed by atoms with Gasteiger partial charge in [0.25, 0.3) is 0 Å². The molecule has 1 atom stereocenters. The van der Waals surface area contributed by atoms with E-state index in [9.17, 15) is 18.0 Å². The Morgan fingerprint density at radius 3 is 2.44 bits per heavy atom. The van der Waals surface area contributed by atoms with Crippen LogP contribution in [0.25, 0.3) is 0 Å². The maximum Gasteiger partial charge on any atom is 0.223 e. The van der Waals surface area contributed by atoms with E-state index < -0.39 is 9.84 Å². The Kier molecular flexibility index (Phi) is 7.05. The maximum absolute atomic E-state index is 13.3. The second-order valence-electron chi connectivity index (χ2n) is 9.12. The largest absolute Gasteiger partial charge is 0.365 e. The number of carbonyl (C=O) groups excluding carboxylic acids is 2. The summed E-state index contributed by atoms with van der Waals surface area (Å²) in [5, 5.41) is 0. The number of halogens is 1. The fourth-order valence-electron chi connectivity index (χ4n) is 4.81. The molecule has 0 spiro atoms. The van der Waals surface area contributed by atoms with Crippen molar-refractivity contribution in [2.45, 2.75) is 44.6 Å². The quantitative estimate of drug-likeness (QED) is 0.571. The number of hydrogen-bond donors (Lipinski definition) is 0. The highest BCUT2D eigenvalue weighted by atomic mass is 79.9. The molecule has 1 fully saturated rings. The number of aryl methyl sites for hydroxylation is 1. The van der Waals surface area contributed by atoms with Crippen molar-refractivity contribution in [2.75, 3.05) is 41.7 Å². The van der Waals surface area contributed by atoms with Crippen LogP contribution in [0.5, 0.6) is 0 Å². The van der Waals surface area contributed by atoms with E-state index in [4.69, 9.17) is 0 Å². The van der Waals surface area contributed by atoms with Gasteiger partial charge >= 0.3 is 0 Å². The number of amides is 2. The Morgan fingerprint density at radius 1 is 1.09 bits per heavy atom. The summed E-state index contributed by atoms with van der Waals surface area (Å²) in [5.74, 6) is -0.629. The number of benzene rings is 2. The molecule has 34 heavy (non-hydrogen) atoms. The standard InChI is InChI=1S/C25H30BrN3O4S/c1-17-4-6-22(7-5-17)28-12-11-27(16-18(28)2)24(31)9-13-34(32,33)23-15-21(26)14-20-8-10-29(19(3)30)25(20)23/h4-7,14-15,18H,8-13,16H2,1-3H3. The molecular formula is C25H30BrN3O4S. The Morgan fingerprint density at radius 2 is 1.79 bits per heavy atom. The maximum atomic E-state index is 13.3. The minimum absolute atomic E-state index is 0.0824. The van der Waals surface area contributed by atoms with Crippen molar-refractivity contribution in [3.05, 3.63) is 52.0 Å². The summed E-state index contributed by atoms with van der Waals surface area (Å²) in [7, 11) is -3.76. The Bertz CT molecular complexity index is 1210. The predicted molar refractivity (Wildman–Crippen MR) is 137 cm³/mol. The van der Waals surface area contributed by atoms with Crippen molar-refractivity contribution in [1.29, 1.82) is 0 Å². The molecule has 4 rings (SSSR count). The molecule has 0 aliphatic carbocycles. The van der Waals surface area contributed by atoms with Crippen LogP contribution in [0, 0.1) is 6.92 Å².